The van der Waals surface area contributed by atoms with Gasteiger partial charge in [-0.15, -0.1) is 4.40 Å². The maximum absolute atomic E-state index is 11.8. The summed E-state index contributed by atoms with van der Waals surface area (Å²) in [4.78, 5) is 2.17. The number of anilines is 1. The minimum absolute atomic E-state index is 0.247. The van der Waals surface area contributed by atoms with Gasteiger partial charge in [0, 0.05) is 11.1 Å². The fourth-order valence-corrected chi connectivity index (χ4v) is 3.27. The van der Waals surface area contributed by atoms with Gasteiger partial charge in [0.15, 0.2) is 0 Å². The molecule has 1 heterocycles. The molecule has 1 saturated carbocycles. The van der Waals surface area contributed by atoms with E-state index in [2.05, 4.69) is 4.40 Å². The Morgan fingerprint density at radius 1 is 1.35 bits per heavy atom. The van der Waals surface area contributed by atoms with Crippen LogP contribution < -0.4 is 4.90 Å². The molecule has 0 atom stereocenters. The average Bonchev–Trinajstić information content (AvgIpc) is 2.19. The third-order valence-corrected chi connectivity index (χ3v) is 4.76. The van der Waals surface area contributed by atoms with E-state index in [1.165, 1.54) is 18.8 Å². The third kappa shape index (κ3) is 1.73. The van der Waals surface area contributed by atoms with Crippen molar-refractivity contribution in [2.24, 2.45) is 4.40 Å². The van der Waals surface area contributed by atoms with Crippen LogP contribution in [0.3, 0.4) is 0 Å². The topological polar surface area (TPSA) is 49.7 Å². The largest absolute Gasteiger partial charge is 0.327 e. The molecule has 0 radical (unpaired) electrons. The fourth-order valence-electron chi connectivity index (χ4n) is 2.10. The Morgan fingerprint density at radius 2 is 2.12 bits per heavy atom. The van der Waals surface area contributed by atoms with Crippen LogP contribution in [0.5, 0.6) is 0 Å². The number of sulfonamides is 1. The average molecular weight is 271 g/mol. The highest BCUT2D eigenvalue weighted by molar-refractivity contribution is 7.90. The van der Waals surface area contributed by atoms with E-state index in [0.717, 1.165) is 12.8 Å². The molecule has 0 N–H and O–H groups in total. The molecule has 4 nitrogen and oxygen atoms in total. The summed E-state index contributed by atoms with van der Waals surface area (Å²) in [5, 5.41) is 0.540. The highest BCUT2D eigenvalue weighted by Crippen LogP contribution is 2.37. The second kappa shape index (κ2) is 3.71. The van der Waals surface area contributed by atoms with Gasteiger partial charge in [0.05, 0.1) is 5.69 Å². The van der Waals surface area contributed by atoms with Crippen molar-refractivity contribution in [2.45, 2.75) is 30.2 Å². The summed E-state index contributed by atoms with van der Waals surface area (Å²) in [5.41, 5.74) is 0.650. The Morgan fingerprint density at radius 3 is 2.76 bits per heavy atom. The van der Waals surface area contributed by atoms with E-state index in [9.17, 15) is 8.42 Å². The molecule has 6 heteroatoms. The van der Waals surface area contributed by atoms with E-state index < -0.39 is 10.0 Å². The van der Waals surface area contributed by atoms with Crippen LogP contribution in [0.25, 0.3) is 0 Å². The lowest BCUT2D eigenvalue weighted by atomic mass is 9.91. The van der Waals surface area contributed by atoms with E-state index in [4.69, 9.17) is 11.6 Å². The SMILES string of the molecule is O=S1(=O)N=CN(C2CCC2)c2cc(Cl)ccc21. The van der Waals surface area contributed by atoms with E-state index in [0.29, 0.717) is 16.8 Å². The quantitative estimate of drug-likeness (QED) is 0.787. The molecule has 0 saturated heterocycles. The lowest BCUT2D eigenvalue weighted by Crippen LogP contribution is -2.41. The van der Waals surface area contributed by atoms with Crippen LogP contribution in [0.15, 0.2) is 27.5 Å². The molecule has 0 aromatic heterocycles. The Balaban J connectivity index is 2.15. The predicted octanol–water partition coefficient (Wildman–Crippen LogP) is 2.43. The monoisotopic (exact) mass is 270 g/mol. The van der Waals surface area contributed by atoms with E-state index in [1.807, 2.05) is 4.90 Å². The fraction of sp³-hybridized carbons (Fsp3) is 0.364. The molecule has 2 aliphatic rings. The second-order valence-electron chi connectivity index (χ2n) is 4.30. The van der Waals surface area contributed by atoms with Crippen molar-refractivity contribution in [1.29, 1.82) is 0 Å². The van der Waals surface area contributed by atoms with Gasteiger partial charge in [-0.3, -0.25) is 0 Å². The van der Waals surface area contributed by atoms with Gasteiger partial charge in [-0.2, -0.15) is 8.42 Å². The molecule has 17 heavy (non-hydrogen) atoms. The van der Waals surface area contributed by atoms with Crippen LogP contribution in [-0.4, -0.2) is 20.8 Å². The summed E-state index contributed by atoms with van der Waals surface area (Å²) in [6, 6.07) is 5.15. The Bertz CT molecular complexity index is 593. The van der Waals surface area contributed by atoms with Crippen molar-refractivity contribution in [1.82, 2.24) is 0 Å². The van der Waals surface area contributed by atoms with E-state index in [-0.39, 0.29) is 4.90 Å². The first-order valence-corrected chi connectivity index (χ1v) is 7.28. The zero-order valence-corrected chi connectivity index (χ0v) is 10.6. The molecule has 0 amide bonds. The van der Waals surface area contributed by atoms with Gasteiger partial charge in [-0.25, -0.2) is 0 Å². The number of hydrogen-bond donors (Lipinski definition) is 0. The van der Waals surface area contributed by atoms with Crippen molar-refractivity contribution in [3.8, 4) is 0 Å². The molecule has 1 aromatic carbocycles. The molecule has 1 fully saturated rings. The second-order valence-corrected chi connectivity index (χ2v) is 6.34. The standard InChI is InChI=1S/C11H11ClN2O2S/c12-8-4-5-11-10(6-8)14(9-2-1-3-9)7-13-17(11,15)16/h4-7,9H,1-3H2. The number of halogens is 1. The molecular formula is C11H11ClN2O2S. The third-order valence-electron chi connectivity index (χ3n) is 3.26. The van der Waals surface area contributed by atoms with Crippen LogP contribution >= 0.6 is 11.6 Å². The van der Waals surface area contributed by atoms with Gasteiger partial charge in [0.25, 0.3) is 10.0 Å². The highest BCUT2D eigenvalue weighted by Gasteiger charge is 2.32. The van der Waals surface area contributed by atoms with Crippen molar-refractivity contribution in [3.63, 3.8) is 0 Å². The van der Waals surface area contributed by atoms with E-state index in [1.54, 1.807) is 12.1 Å². The normalized spacial score (nSPS) is 22.1. The van der Waals surface area contributed by atoms with Gasteiger partial charge >= 0.3 is 0 Å². The van der Waals surface area contributed by atoms with Crippen LogP contribution in [0.1, 0.15) is 19.3 Å². The summed E-state index contributed by atoms with van der Waals surface area (Å²) < 4.78 is 27.2. The van der Waals surface area contributed by atoms with Crippen molar-refractivity contribution in [2.75, 3.05) is 4.90 Å². The summed E-state index contributed by atoms with van der Waals surface area (Å²) in [7, 11) is -3.54. The highest BCUT2D eigenvalue weighted by atomic mass is 35.5. The van der Waals surface area contributed by atoms with Gasteiger partial charge in [0.1, 0.15) is 11.2 Å². The Labute approximate surface area is 105 Å². The van der Waals surface area contributed by atoms with Crippen LogP contribution in [0.2, 0.25) is 5.02 Å². The zero-order valence-electron chi connectivity index (χ0n) is 9.01. The molecule has 1 aromatic rings. The van der Waals surface area contributed by atoms with Crippen LogP contribution in [0, 0.1) is 0 Å². The maximum atomic E-state index is 11.8. The molecule has 90 valence electrons. The van der Waals surface area contributed by atoms with E-state index >= 15 is 0 Å². The maximum Gasteiger partial charge on any atom is 0.285 e. The Hall–Kier alpha value is -1.07. The first-order chi connectivity index (χ1) is 8.08. The number of hydrogen-bond acceptors (Lipinski definition) is 3. The smallest absolute Gasteiger partial charge is 0.285 e. The minimum atomic E-state index is -3.54. The molecule has 0 spiro atoms. The van der Waals surface area contributed by atoms with Gasteiger partial charge < -0.3 is 4.90 Å². The molecule has 0 bridgehead atoms. The number of rotatable bonds is 1. The first-order valence-electron chi connectivity index (χ1n) is 5.46. The molecule has 1 aliphatic heterocycles. The summed E-state index contributed by atoms with van der Waals surface area (Å²) >= 11 is 5.93. The number of benzene rings is 1. The molecule has 3 rings (SSSR count). The minimum Gasteiger partial charge on any atom is -0.327 e. The molecule has 0 unspecified atom stereocenters. The van der Waals surface area contributed by atoms with Crippen molar-refractivity contribution < 1.29 is 8.42 Å². The van der Waals surface area contributed by atoms with Crippen molar-refractivity contribution in [3.05, 3.63) is 23.2 Å². The van der Waals surface area contributed by atoms with Gasteiger partial charge in [-0.05, 0) is 37.5 Å². The number of nitrogens with zero attached hydrogens (tertiary/aromatic N) is 2. The Kier molecular flexibility index (Phi) is 2.41. The zero-order chi connectivity index (χ0) is 12.0. The van der Waals surface area contributed by atoms with Crippen molar-refractivity contribution >= 4 is 33.7 Å². The number of fused-ring (bicyclic) bond motifs is 1. The van der Waals surface area contributed by atoms with Crippen LogP contribution in [0.4, 0.5) is 5.69 Å². The van der Waals surface area contributed by atoms with Gasteiger partial charge in [0.2, 0.25) is 0 Å². The lowest BCUT2D eigenvalue weighted by molar-refractivity contribution is 0.416. The summed E-state index contributed by atoms with van der Waals surface area (Å²) in [6.45, 7) is 0. The molecule has 1 aliphatic carbocycles. The van der Waals surface area contributed by atoms with Crippen LogP contribution in [-0.2, 0) is 10.0 Å². The first kappa shape index (κ1) is 11.0. The molecular weight excluding hydrogens is 260 g/mol. The summed E-state index contributed by atoms with van der Waals surface area (Å²) in [6.07, 6.45) is 4.73. The summed E-state index contributed by atoms with van der Waals surface area (Å²) in [5.74, 6) is 0. The lowest BCUT2D eigenvalue weighted by Gasteiger charge is -2.38. The van der Waals surface area contributed by atoms with Gasteiger partial charge in [-0.1, -0.05) is 11.6 Å². The predicted molar refractivity (Wildman–Crippen MR) is 67.2 cm³/mol.